The fourth-order valence-electron chi connectivity index (χ4n) is 1.81. The summed E-state index contributed by atoms with van der Waals surface area (Å²) in [4.78, 5) is 34.0. The molecule has 0 aliphatic rings. The van der Waals surface area contributed by atoms with E-state index in [0.717, 1.165) is 5.56 Å². The van der Waals surface area contributed by atoms with Crippen LogP contribution in [0.25, 0.3) is 0 Å². The number of benzene rings is 1. The maximum Gasteiger partial charge on any atom is 0.326 e. The maximum absolute atomic E-state index is 11.7. The van der Waals surface area contributed by atoms with Crippen molar-refractivity contribution in [3.8, 4) is 0 Å². The zero-order valence-corrected chi connectivity index (χ0v) is 12.6. The Morgan fingerprint density at radius 3 is 2.50 bits per heavy atom. The van der Waals surface area contributed by atoms with Crippen molar-refractivity contribution in [2.75, 3.05) is 6.61 Å². The van der Waals surface area contributed by atoms with Crippen molar-refractivity contribution in [3.63, 3.8) is 0 Å². The molecule has 6 nitrogen and oxygen atoms in total. The van der Waals surface area contributed by atoms with Gasteiger partial charge < -0.3 is 15.2 Å². The van der Waals surface area contributed by atoms with Crippen LogP contribution in [-0.2, 0) is 25.7 Å². The zero-order valence-electron chi connectivity index (χ0n) is 12.6. The average molecular weight is 307 g/mol. The lowest BCUT2D eigenvalue weighted by Gasteiger charge is -2.14. The molecule has 0 aliphatic heterocycles. The Morgan fingerprint density at radius 2 is 1.91 bits per heavy atom. The lowest BCUT2D eigenvalue weighted by Crippen LogP contribution is -2.42. The Kier molecular flexibility index (Phi) is 7.85. The van der Waals surface area contributed by atoms with Crippen molar-refractivity contribution >= 4 is 17.7 Å². The van der Waals surface area contributed by atoms with Crippen molar-refractivity contribution in [1.29, 1.82) is 0 Å². The standard InChI is InChI=1S/C16H21NO5/c1-2-13(18)8-9-14(16(20)21)17-15(19)11-22-10-12-6-4-3-5-7-12/h3-7,14H,2,8-11H2,1H3,(H,17,19)(H,20,21)/t14-/m0/s1. The normalized spacial score (nSPS) is 11.7. The molecule has 22 heavy (non-hydrogen) atoms. The molecule has 0 aliphatic carbocycles. The number of rotatable bonds is 10. The van der Waals surface area contributed by atoms with Crippen LogP contribution >= 0.6 is 0 Å². The van der Waals surface area contributed by atoms with E-state index in [-0.39, 0.29) is 31.8 Å². The first-order valence-electron chi connectivity index (χ1n) is 7.18. The highest BCUT2D eigenvalue weighted by Gasteiger charge is 2.20. The van der Waals surface area contributed by atoms with Crippen LogP contribution in [0.15, 0.2) is 30.3 Å². The second-order valence-electron chi connectivity index (χ2n) is 4.87. The van der Waals surface area contributed by atoms with E-state index in [1.807, 2.05) is 30.3 Å². The summed E-state index contributed by atoms with van der Waals surface area (Å²) in [7, 11) is 0. The molecule has 0 spiro atoms. The topological polar surface area (TPSA) is 92.7 Å². The van der Waals surface area contributed by atoms with Crippen LogP contribution in [0.4, 0.5) is 0 Å². The monoisotopic (exact) mass is 307 g/mol. The second kappa shape index (κ2) is 9.68. The number of hydrogen-bond acceptors (Lipinski definition) is 4. The Bertz CT molecular complexity index is 501. The molecule has 120 valence electrons. The summed E-state index contributed by atoms with van der Waals surface area (Å²) in [5, 5.41) is 11.4. The van der Waals surface area contributed by atoms with E-state index in [1.54, 1.807) is 6.92 Å². The molecule has 0 bridgehead atoms. The van der Waals surface area contributed by atoms with Gasteiger partial charge in [-0.3, -0.25) is 9.59 Å². The summed E-state index contributed by atoms with van der Waals surface area (Å²) in [5.74, 6) is -1.69. The van der Waals surface area contributed by atoms with Crippen LogP contribution < -0.4 is 5.32 Å². The molecule has 0 heterocycles. The van der Waals surface area contributed by atoms with E-state index in [1.165, 1.54) is 0 Å². The first-order chi connectivity index (χ1) is 10.5. The van der Waals surface area contributed by atoms with Gasteiger partial charge in [0.2, 0.25) is 5.91 Å². The number of carboxylic acids is 1. The summed E-state index contributed by atoms with van der Waals surface area (Å²) >= 11 is 0. The minimum atomic E-state index is -1.15. The van der Waals surface area contributed by atoms with Crippen molar-refractivity contribution in [1.82, 2.24) is 5.32 Å². The maximum atomic E-state index is 11.7. The fraction of sp³-hybridized carbons (Fsp3) is 0.438. The quantitative estimate of drug-likeness (QED) is 0.684. The van der Waals surface area contributed by atoms with Gasteiger partial charge in [0, 0.05) is 12.8 Å². The number of carbonyl (C=O) groups is 3. The van der Waals surface area contributed by atoms with Gasteiger partial charge in [0.15, 0.2) is 0 Å². The SMILES string of the molecule is CCC(=O)CC[C@H](NC(=O)COCc1ccccc1)C(=O)O. The molecule has 1 rings (SSSR count). The summed E-state index contributed by atoms with van der Waals surface area (Å²) in [6.45, 7) is 1.77. The number of carboxylic acid groups (broad SMARTS) is 1. The highest BCUT2D eigenvalue weighted by atomic mass is 16.5. The molecule has 1 aromatic carbocycles. The molecule has 1 amide bonds. The van der Waals surface area contributed by atoms with Gasteiger partial charge in [-0.05, 0) is 12.0 Å². The third-order valence-electron chi connectivity index (χ3n) is 3.08. The molecule has 0 saturated carbocycles. The molecule has 0 radical (unpaired) electrons. The number of Topliss-reactive ketones (excluding diaryl/α,β-unsaturated/α-hetero) is 1. The highest BCUT2D eigenvalue weighted by molar-refractivity contribution is 5.85. The van der Waals surface area contributed by atoms with Crippen molar-refractivity contribution in [2.24, 2.45) is 0 Å². The smallest absolute Gasteiger partial charge is 0.326 e. The van der Waals surface area contributed by atoms with Crippen LogP contribution in [0.3, 0.4) is 0 Å². The van der Waals surface area contributed by atoms with Gasteiger partial charge in [-0.15, -0.1) is 0 Å². The molecule has 0 aromatic heterocycles. The summed E-state index contributed by atoms with van der Waals surface area (Å²) in [5.41, 5.74) is 0.929. The lowest BCUT2D eigenvalue weighted by molar-refractivity contribution is -0.143. The number of nitrogens with one attached hydrogen (secondary N) is 1. The lowest BCUT2D eigenvalue weighted by atomic mass is 10.1. The van der Waals surface area contributed by atoms with Gasteiger partial charge in [-0.25, -0.2) is 4.79 Å². The molecule has 0 unspecified atom stereocenters. The molecule has 1 aromatic rings. The first-order valence-corrected chi connectivity index (χ1v) is 7.18. The highest BCUT2D eigenvalue weighted by Crippen LogP contribution is 2.02. The van der Waals surface area contributed by atoms with E-state index < -0.39 is 17.9 Å². The number of amides is 1. The third kappa shape index (κ3) is 6.99. The van der Waals surface area contributed by atoms with Gasteiger partial charge in [-0.1, -0.05) is 37.3 Å². The number of ketones is 1. The van der Waals surface area contributed by atoms with Gasteiger partial charge in [-0.2, -0.15) is 0 Å². The number of aliphatic carboxylic acids is 1. The van der Waals surface area contributed by atoms with Crippen LogP contribution in [0.5, 0.6) is 0 Å². The van der Waals surface area contributed by atoms with Gasteiger partial charge in [0.1, 0.15) is 18.4 Å². The number of carbonyl (C=O) groups excluding carboxylic acids is 2. The molecule has 0 fully saturated rings. The van der Waals surface area contributed by atoms with Gasteiger partial charge in [0.25, 0.3) is 0 Å². The van der Waals surface area contributed by atoms with Crippen LogP contribution in [-0.4, -0.2) is 35.4 Å². The Balaban J connectivity index is 2.33. The molecule has 1 atom stereocenters. The Morgan fingerprint density at radius 1 is 1.23 bits per heavy atom. The van der Waals surface area contributed by atoms with Crippen molar-refractivity contribution in [2.45, 2.75) is 38.8 Å². The largest absolute Gasteiger partial charge is 0.480 e. The molecule has 6 heteroatoms. The summed E-state index contributed by atoms with van der Waals surface area (Å²) in [6, 6.07) is 8.28. The Hall–Kier alpha value is -2.21. The number of ether oxygens (including phenoxy) is 1. The number of hydrogen-bond donors (Lipinski definition) is 2. The summed E-state index contributed by atoms with van der Waals surface area (Å²) in [6.07, 6.45) is 0.589. The third-order valence-corrected chi connectivity index (χ3v) is 3.08. The predicted molar refractivity (Wildman–Crippen MR) is 80.2 cm³/mol. The van der Waals surface area contributed by atoms with E-state index in [0.29, 0.717) is 6.42 Å². The van der Waals surface area contributed by atoms with Crippen LogP contribution in [0.2, 0.25) is 0 Å². The molecular weight excluding hydrogens is 286 g/mol. The predicted octanol–water partition coefficient (Wildman–Crippen LogP) is 1.53. The second-order valence-corrected chi connectivity index (χ2v) is 4.87. The van der Waals surface area contributed by atoms with E-state index in [4.69, 9.17) is 9.84 Å². The van der Waals surface area contributed by atoms with E-state index in [2.05, 4.69) is 5.32 Å². The van der Waals surface area contributed by atoms with Crippen LogP contribution in [0, 0.1) is 0 Å². The van der Waals surface area contributed by atoms with E-state index in [9.17, 15) is 14.4 Å². The van der Waals surface area contributed by atoms with Gasteiger partial charge in [0.05, 0.1) is 6.61 Å². The zero-order chi connectivity index (χ0) is 16.4. The molecule has 0 saturated heterocycles. The van der Waals surface area contributed by atoms with Crippen molar-refractivity contribution in [3.05, 3.63) is 35.9 Å². The van der Waals surface area contributed by atoms with Crippen LogP contribution in [0.1, 0.15) is 31.7 Å². The minimum absolute atomic E-state index is 0.0270. The van der Waals surface area contributed by atoms with E-state index >= 15 is 0 Å². The van der Waals surface area contributed by atoms with Gasteiger partial charge >= 0.3 is 5.97 Å². The summed E-state index contributed by atoms with van der Waals surface area (Å²) < 4.78 is 5.24. The molecular formula is C16H21NO5. The minimum Gasteiger partial charge on any atom is -0.480 e. The average Bonchev–Trinajstić information content (AvgIpc) is 2.51. The Labute approximate surface area is 129 Å². The fourth-order valence-corrected chi connectivity index (χ4v) is 1.81. The first kappa shape index (κ1) is 17.8. The van der Waals surface area contributed by atoms with Crippen molar-refractivity contribution < 1.29 is 24.2 Å². The molecule has 2 N–H and O–H groups in total.